The molecule has 2 aromatic rings. The highest BCUT2D eigenvalue weighted by Gasteiger charge is 2.14. The van der Waals surface area contributed by atoms with E-state index in [2.05, 4.69) is 5.32 Å². The lowest BCUT2D eigenvalue weighted by atomic mass is 10.0. The number of anilines is 1. The third-order valence-electron chi connectivity index (χ3n) is 3.35. The molecule has 5 heteroatoms. The quantitative estimate of drug-likeness (QED) is 0.670. The van der Waals surface area contributed by atoms with Crippen molar-refractivity contribution >= 4 is 29.0 Å². The van der Waals surface area contributed by atoms with Gasteiger partial charge in [-0.05, 0) is 42.8 Å². The highest BCUT2D eigenvalue weighted by Crippen LogP contribution is 2.17. The molecule has 0 aliphatic heterocycles. The minimum atomic E-state index is -0.682. The fourth-order valence-corrected chi connectivity index (χ4v) is 2.31. The Morgan fingerprint density at radius 3 is 2.43 bits per heavy atom. The SMILES string of the molecule is CC(=O)c1ccc(NC(=O)c2ccccc2CC(Cl)C#N)cc1. The van der Waals surface area contributed by atoms with Crippen molar-refractivity contribution in [3.63, 3.8) is 0 Å². The molecule has 2 aromatic carbocycles. The molecule has 0 saturated carbocycles. The molecular weight excluding hydrogens is 312 g/mol. The molecule has 0 saturated heterocycles. The van der Waals surface area contributed by atoms with E-state index in [0.717, 1.165) is 0 Å². The van der Waals surface area contributed by atoms with Crippen LogP contribution in [0.5, 0.6) is 0 Å². The minimum Gasteiger partial charge on any atom is -0.322 e. The first-order valence-corrected chi connectivity index (χ1v) is 7.49. The summed E-state index contributed by atoms with van der Waals surface area (Å²) in [6.45, 7) is 1.49. The molecule has 4 nitrogen and oxygen atoms in total. The number of amides is 1. The maximum atomic E-state index is 12.4. The molecule has 1 atom stereocenters. The van der Waals surface area contributed by atoms with E-state index in [1.165, 1.54) is 6.92 Å². The Balaban J connectivity index is 2.18. The van der Waals surface area contributed by atoms with Gasteiger partial charge in [0.1, 0.15) is 5.38 Å². The number of nitriles is 1. The van der Waals surface area contributed by atoms with Gasteiger partial charge in [-0.1, -0.05) is 18.2 Å². The first-order valence-electron chi connectivity index (χ1n) is 7.05. The van der Waals surface area contributed by atoms with Crippen molar-refractivity contribution in [2.75, 3.05) is 5.32 Å². The maximum Gasteiger partial charge on any atom is 0.255 e. The fraction of sp³-hybridized carbons (Fsp3) is 0.167. The zero-order valence-electron chi connectivity index (χ0n) is 12.5. The van der Waals surface area contributed by atoms with Gasteiger partial charge in [0, 0.05) is 23.2 Å². The van der Waals surface area contributed by atoms with Gasteiger partial charge >= 0.3 is 0 Å². The van der Waals surface area contributed by atoms with Gasteiger partial charge in [-0.25, -0.2) is 0 Å². The average molecular weight is 327 g/mol. The summed E-state index contributed by atoms with van der Waals surface area (Å²) >= 11 is 5.86. The van der Waals surface area contributed by atoms with Gasteiger partial charge in [0.05, 0.1) is 6.07 Å². The standard InChI is InChI=1S/C18H15ClN2O2/c1-12(22)13-6-8-16(9-7-13)21-18(23)17-5-3-2-4-14(17)10-15(19)11-20/h2-9,15H,10H2,1H3,(H,21,23). The summed E-state index contributed by atoms with van der Waals surface area (Å²) in [4.78, 5) is 23.7. The number of benzene rings is 2. The number of nitrogens with one attached hydrogen (secondary N) is 1. The topological polar surface area (TPSA) is 70.0 Å². The Kier molecular flexibility index (Phi) is 5.51. The first kappa shape index (κ1) is 16.7. The Bertz CT molecular complexity index is 763. The summed E-state index contributed by atoms with van der Waals surface area (Å²) in [5.74, 6) is -0.309. The van der Waals surface area contributed by atoms with E-state index in [9.17, 15) is 9.59 Å². The molecule has 23 heavy (non-hydrogen) atoms. The predicted octanol–water partition coefficient (Wildman–Crippen LogP) is 3.81. The third kappa shape index (κ3) is 4.41. The number of hydrogen-bond acceptors (Lipinski definition) is 3. The summed E-state index contributed by atoms with van der Waals surface area (Å²) in [5.41, 5.74) is 2.37. The van der Waals surface area contributed by atoms with E-state index < -0.39 is 5.38 Å². The summed E-state index contributed by atoms with van der Waals surface area (Å²) < 4.78 is 0. The van der Waals surface area contributed by atoms with Gasteiger partial charge < -0.3 is 5.32 Å². The second kappa shape index (κ2) is 7.57. The van der Waals surface area contributed by atoms with E-state index in [-0.39, 0.29) is 11.7 Å². The Hall–Kier alpha value is -2.64. The van der Waals surface area contributed by atoms with Crippen LogP contribution < -0.4 is 5.32 Å². The zero-order chi connectivity index (χ0) is 16.8. The number of Topliss-reactive ketones (excluding diaryl/α,β-unsaturated/α-hetero) is 1. The molecule has 1 N–H and O–H groups in total. The highest BCUT2D eigenvalue weighted by atomic mass is 35.5. The van der Waals surface area contributed by atoms with Crippen LogP contribution in [0.1, 0.15) is 33.2 Å². The molecular formula is C18H15ClN2O2. The number of carbonyl (C=O) groups excluding carboxylic acids is 2. The zero-order valence-corrected chi connectivity index (χ0v) is 13.3. The molecule has 0 aliphatic carbocycles. The van der Waals surface area contributed by atoms with Crippen molar-refractivity contribution in [1.82, 2.24) is 0 Å². The smallest absolute Gasteiger partial charge is 0.255 e. The molecule has 116 valence electrons. The van der Waals surface area contributed by atoms with Crippen LogP contribution in [-0.2, 0) is 6.42 Å². The lowest BCUT2D eigenvalue weighted by molar-refractivity contribution is 0.101. The summed E-state index contributed by atoms with van der Waals surface area (Å²) in [6.07, 6.45) is 0.297. The maximum absolute atomic E-state index is 12.4. The number of carbonyl (C=O) groups is 2. The van der Waals surface area contributed by atoms with Crippen LogP contribution in [0.4, 0.5) is 5.69 Å². The molecule has 0 spiro atoms. The molecule has 2 rings (SSSR count). The fourth-order valence-electron chi connectivity index (χ4n) is 2.15. The van der Waals surface area contributed by atoms with Crippen LogP contribution in [0.2, 0.25) is 0 Å². The third-order valence-corrected chi connectivity index (χ3v) is 3.60. The number of halogens is 1. The van der Waals surface area contributed by atoms with Crippen molar-refractivity contribution in [3.05, 3.63) is 65.2 Å². The second-order valence-electron chi connectivity index (χ2n) is 5.05. The van der Waals surface area contributed by atoms with E-state index in [1.807, 2.05) is 6.07 Å². The van der Waals surface area contributed by atoms with Gasteiger partial charge in [0.25, 0.3) is 5.91 Å². The normalized spacial score (nSPS) is 11.3. The van der Waals surface area contributed by atoms with Gasteiger partial charge in [-0.15, -0.1) is 11.6 Å². The summed E-state index contributed by atoms with van der Waals surface area (Å²) in [7, 11) is 0. The molecule has 1 unspecified atom stereocenters. The number of nitrogens with zero attached hydrogens (tertiary/aromatic N) is 1. The first-order chi connectivity index (χ1) is 11.0. The lowest BCUT2D eigenvalue weighted by Gasteiger charge is -2.10. The van der Waals surface area contributed by atoms with E-state index in [4.69, 9.17) is 16.9 Å². The Morgan fingerprint density at radius 1 is 1.17 bits per heavy atom. The van der Waals surface area contributed by atoms with Crippen molar-refractivity contribution in [2.45, 2.75) is 18.7 Å². The van der Waals surface area contributed by atoms with Gasteiger partial charge in [-0.3, -0.25) is 9.59 Å². The van der Waals surface area contributed by atoms with Gasteiger partial charge in [-0.2, -0.15) is 5.26 Å². The summed E-state index contributed by atoms with van der Waals surface area (Å²) in [6, 6.07) is 15.7. The van der Waals surface area contributed by atoms with Crippen LogP contribution in [0.25, 0.3) is 0 Å². The number of alkyl halides is 1. The second-order valence-corrected chi connectivity index (χ2v) is 5.57. The number of rotatable bonds is 5. The van der Waals surface area contributed by atoms with E-state index in [0.29, 0.717) is 28.8 Å². The molecule has 0 radical (unpaired) electrons. The van der Waals surface area contributed by atoms with Crippen LogP contribution in [0.3, 0.4) is 0 Å². The van der Waals surface area contributed by atoms with Crippen LogP contribution in [-0.4, -0.2) is 17.1 Å². The van der Waals surface area contributed by atoms with Crippen molar-refractivity contribution in [2.24, 2.45) is 0 Å². The van der Waals surface area contributed by atoms with Crippen LogP contribution in [0, 0.1) is 11.3 Å². The van der Waals surface area contributed by atoms with Gasteiger partial charge in [0.15, 0.2) is 5.78 Å². The minimum absolute atomic E-state index is 0.0297. The molecule has 0 aromatic heterocycles. The van der Waals surface area contributed by atoms with E-state index >= 15 is 0 Å². The number of hydrogen-bond donors (Lipinski definition) is 1. The van der Waals surface area contributed by atoms with E-state index in [1.54, 1.807) is 48.5 Å². The van der Waals surface area contributed by atoms with Crippen molar-refractivity contribution in [1.29, 1.82) is 5.26 Å². The monoisotopic (exact) mass is 326 g/mol. The predicted molar refractivity (Wildman–Crippen MR) is 89.8 cm³/mol. The largest absolute Gasteiger partial charge is 0.322 e. The lowest BCUT2D eigenvalue weighted by Crippen LogP contribution is -2.15. The van der Waals surface area contributed by atoms with Crippen LogP contribution >= 0.6 is 11.6 Å². The average Bonchev–Trinajstić information content (AvgIpc) is 2.55. The van der Waals surface area contributed by atoms with Crippen molar-refractivity contribution < 1.29 is 9.59 Å². The molecule has 0 bridgehead atoms. The molecule has 0 fully saturated rings. The van der Waals surface area contributed by atoms with Gasteiger partial charge in [0.2, 0.25) is 0 Å². The molecule has 1 amide bonds. The molecule has 0 aliphatic rings. The summed E-state index contributed by atoms with van der Waals surface area (Å²) in [5, 5.41) is 10.9. The highest BCUT2D eigenvalue weighted by molar-refractivity contribution is 6.22. The molecule has 0 heterocycles. The Labute approximate surface area is 139 Å². The van der Waals surface area contributed by atoms with Crippen molar-refractivity contribution in [3.8, 4) is 6.07 Å². The number of ketones is 1. The Morgan fingerprint density at radius 2 is 1.83 bits per heavy atom. The van der Waals surface area contributed by atoms with Crippen LogP contribution in [0.15, 0.2) is 48.5 Å².